The zero-order valence-corrected chi connectivity index (χ0v) is 6.18. The SMILES string of the molecule is [CH2]Sc1cnsc1C. The molecule has 0 aliphatic carbocycles. The van der Waals surface area contributed by atoms with Crippen LogP contribution in [0.4, 0.5) is 0 Å². The number of hydrogen-bond donors (Lipinski definition) is 0. The van der Waals surface area contributed by atoms with Crippen LogP contribution >= 0.6 is 23.3 Å². The van der Waals surface area contributed by atoms with Gasteiger partial charge in [-0.25, -0.2) is 0 Å². The third kappa shape index (κ3) is 1.03. The molecule has 1 rings (SSSR count). The smallest absolute Gasteiger partial charge is 0.0545 e. The van der Waals surface area contributed by atoms with Crippen LogP contribution in [0.15, 0.2) is 11.1 Å². The molecule has 0 saturated carbocycles. The molecule has 0 amide bonds. The highest BCUT2D eigenvalue weighted by Crippen LogP contribution is 2.22. The molecule has 0 aliphatic rings. The van der Waals surface area contributed by atoms with Gasteiger partial charge in [-0.1, -0.05) is 0 Å². The maximum absolute atomic E-state index is 3.97. The molecule has 0 unspecified atom stereocenters. The van der Waals surface area contributed by atoms with Crippen LogP contribution in [-0.4, -0.2) is 4.37 Å². The fourth-order valence-electron chi connectivity index (χ4n) is 0.428. The second kappa shape index (κ2) is 2.51. The zero-order chi connectivity index (χ0) is 5.98. The Bertz CT molecular complexity index is 171. The summed E-state index contributed by atoms with van der Waals surface area (Å²) in [7, 11) is 0. The highest BCUT2D eigenvalue weighted by Gasteiger charge is 1.95. The maximum Gasteiger partial charge on any atom is 0.0545 e. The molecular formula is C5H6NS2. The first-order valence-electron chi connectivity index (χ1n) is 2.18. The molecule has 43 valence electrons. The molecule has 1 aromatic rings. The van der Waals surface area contributed by atoms with Crippen LogP contribution in [0.1, 0.15) is 4.88 Å². The van der Waals surface area contributed by atoms with Gasteiger partial charge in [0.25, 0.3) is 0 Å². The summed E-state index contributed by atoms with van der Waals surface area (Å²) >= 11 is 3.02. The van der Waals surface area contributed by atoms with Crippen molar-refractivity contribution in [3.05, 3.63) is 17.3 Å². The van der Waals surface area contributed by atoms with E-state index in [-0.39, 0.29) is 0 Å². The highest BCUT2D eigenvalue weighted by molar-refractivity contribution is 8.00. The lowest BCUT2D eigenvalue weighted by Crippen LogP contribution is -1.60. The van der Waals surface area contributed by atoms with E-state index in [9.17, 15) is 0 Å². The molecule has 1 radical (unpaired) electrons. The van der Waals surface area contributed by atoms with Gasteiger partial charge >= 0.3 is 0 Å². The summed E-state index contributed by atoms with van der Waals surface area (Å²) in [5, 5.41) is 0. The lowest BCUT2D eigenvalue weighted by molar-refractivity contribution is 1.38. The summed E-state index contributed by atoms with van der Waals surface area (Å²) in [6.45, 7) is 2.05. The molecule has 0 spiro atoms. The molecule has 0 bridgehead atoms. The van der Waals surface area contributed by atoms with Crippen molar-refractivity contribution in [3.8, 4) is 0 Å². The second-order valence-corrected chi connectivity index (χ2v) is 3.12. The van der Waals surface area contributed by atoms with Crippen molar-refractivity contribution in [1.29, 1.82) is 0 Å². The average molecular weight is 144 g/mol. The fourth-order valence-corrected chi connectivity index (χ4v) is 1.57. The van der Waals surface area contributed by atoms with Gasteiger partial charge in [-0.2, -0.15) is 4.37 Å². The zero-order valence-electron chi connectivity index (χ0n) is 4.55. The molecule has 1 nitrogen and oxygen atoms in total. The Morgan fingerprint density at radius 2 is 2.62 bits per heavy atom. The van der Waals surface area contributed by atoms with E-state index in [2.05, 4.69) is 10.6 Å². The monoisotopic (exact) mass is 144 g/mol. The summed E-state index contributed by atoms with van der Waals surface area (Å²) in [6.07, 6.45) is 5.52. The number of nitrogens with zero attached hydrogens (tertiary/aromatic N) is 1. The summed E-state index contributed by atoms with van der Waals surface area (Å²) in [4.78, 5) is 2.44. The first-order chi connectivity index (χ1) is 3.84. The minimum atomic E-state index is 1.19. The Morgan fingerprint density at radius 1 is 1.88 bits per heavy atom. The Morgan fingerprint density at radius 3 is 2.88 bits per heavy atom. The topological polar surface area (TPSA) is 12.9 Å². The maximum atomic E-state index is 3.97. The lowest BCUT2D eigenvalue weighted by Gasteiger charge is -1.85. The molecule has 0 aromatic carbocycles. The molecule has 8 heavy (non-hydrogen) atoms. The summed E-state index contributed by atoms with van der Waals surface area (Å²) in [5.74, 6) is 0. The van der Waals surface area contributed by atoms with E-state index in [4.69, 9.17) is 0 Å². The fraction of sp³-hybridized carbons (Fsp3) is 0.200. The third-order valence-electron chi connectivity index (χ3n) is 0.862. The van der Waals surface area contributed by atoms with E-state index < -0.39 is 0 Å². The molecule has 0 saturated heterocycles. The van der Waals surface area contributed by atoms with Gasteiger partial charge in [0.05, 0.1) is 6.20 Å². The molecule has 0 fully saturated rings. The minimum Gasteiger partial charge on any atom is -0.200 e. The van der Waals surface area contributed by atoms with Gasteiger partial charge in [-0.05, 0) is 18.5 Å². The number of aromatic nitrogens is 1. The van der Waals surface area contributed by atoms with Gasteiger partial charge in [0.1, 0.15) is 0 Å². The van der Waals surface area contributed by atoms with Crippen LogP contribution in [0.5, 0.6) is 0 Å². The highest BCUT2D eigenvalue weighted by atomic mass is 32.2. The van der Waals surface area contributed by atoms with Gasteiger partial charge in [0, 0.05) is 16.0 Å². The summed E-state index contributed by atoms with van der Waals surface area (Å²) in [6, 6.07) is 0. The van der Waals surface area contributed by atoms with E-state index in [0.717, 1.165) is 0 Å². The second-order valence-electron chi connectivity index (χ2n) is 1.39. The van der Waals surface area contributed by atoms with Crippen molar-refractivity contribution in [2.45, 2.75) is 11.8 Å². The van der Waals surface area contributed by atoms with Crippen LogP contribution in [0.25, 0.3) is 0 Å². The number of thioether (sulfide) groups is 1. The van der Waals surface area contributed by atoms with Crippen LogP contribution < -0.4 is 0 Å². The largest absolute Gasteiger partial charge is 0.200 e. The normalized spacial score (nSPS) is 9.75. The number of hydrogen-bond acceptors (Lipinski definition) is 3. The van der Waals surface area contributed by atoms with E-state index in [1.165, 1.54) is 33.1 Å². The molecule has 0 N–H and O–H groups in total. The van der Waals surface area contributed by atoms with Crippen molar-refractivity contribution in [2.24, 2.45) is 0 Å². The minimum absolute atomic E-state index is 1.19. The van der Waals surface area contributed by atoms with Gasteiger partial charge in [-0.15, -0.1) is 11.8 Å². The first kappa shape index (κ1) is 6.11. The van der Waals surface area contributed by atoms with Crippen molar-refractivity contribution in [3.63, 3.8) is 0 Å². The van der Waals surface area contributed by atoms with Crippen LogP contribution in [0.2, 0.25) is 0 Å². The predicted octanol–water partition coefficient (Wildman–Crippen LogP) is 2.34. The van der Waals surface area contributed by atoms with E-state index in [1.54, 1.807) is 0 Å². The number of rotatable bonds is 1. The third-order valence-corrected chi connectivity index (χ3v) is 2.42. The quantitative estimate of drug-likeness (QED) is 0.561. The van der Waals surface area contributed by atoms with Gasteiger partial charge < -0.3 is 0 Å². The van der Waals surface area contributed by atoms with Crippen molar-refractivity contribution < 1.29 is 0 Å². The van der Waals surface area contributed by atoms with Crippen LogP contribution in [-0.2, 0) is 0 Å². The van der Waals surface area contributed by atoms with Gasteiger partial charge in [0.15, 0.2) is 0 Å². The van der Waals surface area contributed by atoms with Crippen LogP contribution in [0, 0.1) is 13.2 Å². The Balaban J connectivity index is 2.92. The van der Waals surface area contributed by atoms with Gasteiger partial charge in [-0.3, -0.25) is 0 Å². The molecule has 3 heteroatoms. The van der Waals surface area contributed by atoms with Crippen LogP contribution in [0.3, 0.4) is 0 Å². The lowest BCUT2D eigenvalue weighted by atomic mass is 10.6. The molecule has 0 atom stereocenters. The average Bonchev–Trinajstić information content (AvgIpc) is 2.14. The predicted molar refractivity (Wildman–Crippen MR) is 38.1 cm³/mol. The van der Waals surface area contributed by atoms with Crippen molar-refractivity contribution in [1.82, 2.24) is 4.37 Å². The molecular weight excluding hydrogens is 138 g/mol. The van der Waals surface area contributed by atoms with Crippen molar-refractivity contribution in [2.75, 3.05) is 0 Å². The van der Waals surface area contributed by atoms with Gasteiger partial charge in [0.2, 0.25) is 0 Å². The summed E-state index contributed by atoms with van der Waals surface area (Å²) in [5.41, 5.74) is 0. The van der Waals surface area contributed by atoms with E-state index >= 15 is 0 Å². The van der Waals surface area contributed by atoms with Crippen molar-refractivity contribution >= 4 is 23.3 Å². The Hall–Kier alpha value is -0.0200. The Kier molecular flexibility index (Phi) is 1.91. The summed E-state index contributed by atoms with van der Waals surface area (Å²) < 4.78 is 3.97. The number of aryl methyl sites for hydroxylation is 1. The molecule has 0 aliphatic heterocycles. The van der Waals surface area contributed by atoms with E-state index in [1.807, 2.05) is 13.1 Å². The molecule has 1 heterocycles. The standard InChI is InChI=1S/C5H6NS2/c1-4-5(7-2)3-6-8-4/h3H,2H2,1H3. The molecule has 1 aromatic heterocycles. The first-order valence-corrected chi connectivity index (χ1v) is 3.94. The Labute approximate surface area is 57.3 Å². The van der Waals surface area contributed by atoms with E-state index in [0.29, 0.717) is 0 Å².